The zero-order valence-corrected chi connectivity index (χ0v) is 12.2. The summed E-state index contributed by atoms with van der Waals surface area (Å²) >= 11 is 3.05. The van der Waals surface area contributed by atoms with Gasteiger partial charge in [0.05, 0.1) is 27.7 Å². The average Bonchev–Trinajstić information content (AvgIpc) is 2.34. The molecule has 0 radical (unpaired) electrons. The molecule has 0 amide bonds. The highest BCUT2D eigenvalue weighted by molar-refractivity contribution is 9.10. The zero-order chi connectivity index (χ0) is 14.4. The first-order chi connectivity index (χ1) is 8.91. The minimum Gasteiger partial charge on any atom is -0.460 e. The molecule has 1 aromatic rings. The van der Waals surface area contributed by atoms with E-state index in [0.717, 1.165) is 0 Å². The number of hydrogen-bond acceptors (Lipinski definition) is 5. The number of carbonyl (C=O) groups excluding carboxylic acids is 1. The number of nitro groups is 1. The van der Waals surface area contributed by atoms with Crippen molar-refractivity contribution in [3.63, 3.8) is 0 Å². The number of rotatable bonds is 6. The van der Waals surface area contributed by atoms with Gasteiger partial charge in [0.15, 0.2) is 0 Å². The van der Waals surface area contributed by atoms with Crippen molar-refractivity contribution in [2.24, 2.45) is 0 Å². The molecule has 0 aliphatic heterocycles. The van der Waals surface area contributed by atoms with Gasteiger partial charge in [0.25, 0.3) is 5.69 Å². The number of carbonyl (C=O) groups is 1. The second-order valence-corrected chi connectivity index (χ2v) is 4.83. The molecule has 1 rings (SSSR count). The molecule has 0 bridgehead atoms. The molecule has 6 nitrogen and oxygen atoms in total. The van der Waals surface area contributed by atoms with E-state index >= 15 is 0 Å². The van der Waals surface area contributed by atoms with Gasteiger partial charge in [0.2, 0.25) is 0 Å². The van der Waals surface area contributed by atoms with Crippen LogP contribution < -0.4 is 0 Å². The standard InChI is InChI=1S/C12H14BrNO5/c1-8(2)18-5-6-19-12(15)9-3-4-10(13)11(7-9)14(16)17/h3-4,7-8H,5-6H2,1-2H3. The summed E-state index contributed by atoms with van der Waals surface area (Å²) in [5.41, 5.74) is -0.0349. The van der Waals surface area contributed by atoms with Crippen LogP contribution in [0.3, 0.4) is 0 Å². The van der Waals surface area contributed by atoms with Crippen molar-refractivity contribution in [1.82, 2.24) is 0 Å². The van der Waals surface area contributed by atoms with E-state index in [9.17, 15) is 14.9 Å². The lowest BCUT2D eigenvalue weighted by atomic mass is 10.2. The summed E-state index contributed by atoms with van der Waals surface area (Å²) in [6.07, 6.45) is 0.0625. The Morgan fingerprint density at radius 3 is 2.68 bits per heavy atom. The molecule has 0 saturated carbocycles. The maximum atomic E-state index is 11.7. The molecule has 0 aromatic heterocycles. The van der Waals surface area contributed by atoms with E-state index in [-0.39, 0.29) is 24.0 Å². The summed E-state index contributed by atoms with van der Waals surface area (Å²) in [5, 5.41) is 10.7. The van der Waals surface area contributed by atoms with Crippen LogP contribution in [0.2, 0.25) is 0 Å². The van der Waals surface area contributed by atoms with Crippen molar-refractivity contribution in [3.8, 4) is 0 Å². The van der Waals surface area contributed by atoms with Gasteiger partial charge in [-0.05, 0) is 41.9 Å². The highest BCUT2D eigenvalue weighted by atomic mass is 79.9. The Morgan fingerprint density at radius 1 is 1.42 bits per heavy atom. The molecule has 0 N–H and O–H groups in total. The fourth-order valence-electron chi connectivity index (χ4n) is 1.28. The largest absolute Gasteiger partial charge is 0.460 e. The summed E-state index contributed by atoms with van der Waals surface area (Å²) in [5.74, 6) is -0.608. The number of benzene rings is 1. The predicted octanol–water partition coefficient (Wildman–Crippen LogP) is 2.94. The van der Waals surface area contributed by atoms with Crippen LogP contribution in [0.4, 0.5) is 5.69 Å². The van der Waals surface area contributed by atoms with Crippen molar-refractivity contribution in [2.75, 3.05) is 13.2 Å². The predicted molar refractivity (Wildman–Crippen MR) is 72.2 cm³/mol. The summed E-state index contributed by atoms with van der Waals surface area (Å²) in [6.45, 7) is 4.16. The lowest BCUT2D eigenvalue weighted by Gasteiger charge is -2.08. The number of halogens is 1. The zero-order valence-electron chi connectivity index (χ0n) is 10.6. The monoisotopic (exact) mass is 331 g/mol. The quantitative estimate of drug-likeness (QED) is 0.346. The summed E-state index contributed by atoms with van der Waals surface area (Å²) in [6, 6.07) is 4.08. The minimum absolute atomic E-state index is 0.0625. The first kappa shape index (κ1) is 15.6. The van der Waals surface area contributed by atoms with Gasteiger partial charge >= 0.3 is 5.97 Å². The molecule has 0 aliphatic rings. The Kier molecular flexibility index (Phi) is 5.91. The number of esters is 1. The number of nitrogens with zero attached hydrogens (tertiary/aromatic N) is 1. The molecule has 19 heavy (non-hydrogen) atoms. The van der Waals surface area contributed by atoms with E-state index < -0.39 is 10.9 Å². The lowest BCUT2D eigenvalue weighted by Crippen LogP contribution is -2.13. The van der Waals surface area contributed by atoms with Crippen molar-refractivity contribution in [2.45, 2.75) is 20.0 Å². The molecule has 0 atom stereocenters. The second kappa shape index (κ2) is 7.20. The molecule has 7 heteroatoms. The van der Waals surface area contributed by atoms with Crippen LogP contribution in [0.1, 0.15) is 24.2 Å². The van der Waals surface area contributed by atoms with E-state index in [1.807, 2.05) is 13.8 Å². The van der Waals surface area contributed by atoms with Crippen LogP contribution in [0, 0.1) is 10.1 Å². The van der Waals surface area contributed by atoms with Gasteiger partial charge in [0.1, 0.15) is 6.61 Å². The summed E-state index contributed by atoms with van der Waals surface area (Å²) in [4.78, 5) is 21.8. The van der Waals surface area contributed by atoms with Gasteiger partial charge in [-0.25, -0.2) is 4.79 Å². The van der Waals surface area contributed by atoms with Crippen LogP contribution in [0.25, 0.3) is 0 Å². The fourth-order valence-corrected chi connectivity index (χ4v) is 1.67. The van der Waals surface area contributed by atoms with Gasteiger partial charge in [-0.1, -0.05) is 0 Å². The number of hydrogen-bond donors (Lipinski definition) is 0. The van der Waals surface area contributed by atoms with E-state index in [1.165, 1.54) is 18.2 Å². The Hall–Kier alpha value is -1.47. The third kappa shape index (κ3) is 4.96. The van der Waals surface area contributed by atoms with Gasteiger partial charge in [-0.15, -0.1) is 0 Å². The second-order valence-electron chi connectivity index (χ2n) is 3.98. The minimum atomic E-state index is -0.608. The van der Waals surface area contributed by atoms with Crippen molar-refractivity contribution >= 4 is 27.6 Å². The Morgan fingerprint density at radius 2 is 2.11 bits per heavy atom. The lowest BCUT2D eigenvalue weighted by molar-refractivity contribution is -0.385. The van der Waals surface area contributed by atoms with Crippen molar-refractivity contribution in [3.05, 3.63) is 38.3 Å². The van der Waals surface area contributed by atoms with Crippen molar-refractivity contribution in [1.29, 1.82) is 0 Å². The van der Waals surface area contributed by atoms with Crippen LogP contribution in [0.15, 0.2) is 22.7 Å². The molecule has 1 aromatic carbocycles. The highest BCUT2D eigenvalue weighted by Crippen LogP contribution is 2.25. The molecule has 0 heterocycles. The topological polar surface area (TPSA) is 78.7 Å². The van der Waals surface area contributed by atoms with Gasteiger partial charge in [0, 0.05) is 6.07 Å². The third-order valence-electron chi connectivity index (χ3n) is 2.15. The summed E-state index contributed by atoms with van der Waals surface area (Å²) < 4.78 is 10.5. The van der Waals surface area contributed by atoms with E-state index in [2.05, 4.69) is 15.9 Å². The molecule has 0 aliphatic carbocycles. The van der Waals surface area contributed by atoms with Gasteiger partial charge < -0.3 is 9.47 Å². The first-order valence-corrected chi connectivity index (χ1v) is 6.43. The van der Waals surface area contributed by atoms with Crippen molar-refractivity contribution < 1.29 is 19.2 Å². The van der Waals surface area contributed by atoms with Crippen LogP contribution in [-0.4, -0.2) is 30.2 Å². The van der Waals surface area contributed by atoms with E-state index in [4.69, 9.17) is 9.47 Å². The Labute approximate surface area is 119 Å². The molecule has 0 fully saturated rings. The normalized spacial score (nSPS) is 10.5. The smallest absolute Gasteiger partial charge is 0.338 e. The average molecular weight is 332 g/mol. The molecular weight excluding hydrogens is 318 g/mol. The third-order valence-corrected chi connectivity index (χ3v) is 2.82. The number of nitro benzene ring substituents is 1. The first-order valence-electron chi connectivity index (χ1n) is 5.64. The Balaban J connectivity index is 2.62. The fraction of sp³-hybridized carbons (Fsp3) is 0.417. The van der Waals surface area contributed by atoms with Crippen LogP contribution >= 0.6 is 15.9 Å². The highest BCUT2D eigenvalue weighted by Gasteiger charge is 2.16. The SMILES string of the molecule is CC(C)OCCOC(=O)c1ccc(Br)c([N+](=O)[O-])c1. The molecule has 0 saturated heterocycles. The molecule has 0 spiro atoms. The maximum absolute atomic E-state index is 11.7. The van der Waals surface area contributed by atoms with E-state index in [1.54, 1.807) is 0 Å². The molecular formula is C12H14BrNO5. The van der Waals surface area contributed by atoms with Gasteiger partial charge in [-0.2, -0.15) is 0 Å². The maximum Gasteiger partial charge on any atom is 0.338 e. The van der Waals surface area contributed by atoms with E-state index in [0.29, 0.717) is 11.1 Å². The van der Waals surface area contributed by atoms with Gasteiger partial charge in [-0.3, -0.25) is 10.1 Å². The summed E-state index contributed by atoms with van der Waals surface area (Å²) in [7, 11) is 0. The van der Waals surface area contributed by atoms with Crippen LogP contribution in [-0.2, 0) is 9.47 Å². The molecule has 0 unspecified atom stereocenters. The molecule has 104 valence electrons. The number of ether oxygens (including phenoxy) is 2. The Bertz CT molecular complexity index is 475. The van der Waals surface area contributed by atoms with Crippen LogP contribution in [0.5, 0.6) is 0 Å².